The van der Waals surface area contributed by atoms with E-state index in [1.807, 2.05) is 69.3 Å². The summed E-state index contributed by atoms with van der Waals surface area (Å²) in [6, 6.07) is 15.3. The van der Waals surface area contributed by atoms with Crippen LogP contribution >= 0.6 is 12.4 Å². The van der Waals surface area contributed by atoms with Gasteiger partial charge in [0.2, 0.25) is 5.91 Å². The molecule has 0 saturated heterocycles. The lowest BCUT2D eigenvalue weighted by Gasteiger charge is -2.18. The Bertz CT molecular complexity index is 656. The summed E-state index contributed by atoms with van der Waals surface area (Å²) in [5.41, 5.74) is 9.24. The first-order chi connectivity index (χ1) is 11.5. The molecule has 0 heterocycles. The van der Waals surface area contributed by atoms with Gasteiger partial charge in [0.1, 0.15) is 12.4 Å². The molecule has 2 aromatic rings. The number of carbonyl (C=O) groups excluding carboxylic acids is 1. The second-order valence-electron chi connectivity index (χ2n) is 6.22. The smallest absolute Gasteiger partial charge is 0.222 e. The van der Waals surface area contributed by atoms with E-state index in [1.165, 1.54) is 0 Å². The quantitative estimate of drug-likeness (QED) is 0.789. The molecule has 136 valence electrons. The highest BCUT2D eigenvalue weighted by molar-refractivity contribution is 5.85. The van der Waals surface area contributed by atoms with Crippen LogP contribution in [0.25, 0.3) is 0 Å². The number of amides is 1. The summed E-state index contributed by atoms with van der Waals surface area (Å²) >= 11 is 0. The van der Waals surface area contributed by atoms with E-state index in [9.17, 15) is 4.79 Å². The normalized spacial score (nSPS) is 12.6. The predicted molar refractivity (Wildman–Crippen MR) is 104 cm³/mol. The van der Waals surface area contributed by atoms with Crippen LogP contribution < -0.4 is 15.8 Å². The number of hydrogen-bond acceptors (Lipinski definition) is 3. The maximum absolute atomic E-state index is 12.1. The van der Waals surface area contributed by atoms with Gasteiger partial charge in [-0.1, -0.05) is 48.5 Å². The van der Waals surface area contributed by atoms with Crippen LogP contribution in [0.2, 0.25) is 0 Å². The zero-order valence-corrected chi connectivity index (χ0v) is 15.8. The lowest BCUT2D eigenvalue weighted by molar-refractivity contribution is -0.122. The van der Waals surface area contributed by atoms with E-state index in [0.29, 0.717) is 6.61 Å². The highest BCUT2D eigenvalue weighted by Crippen LogP contribution is 2.22. The lowest BCUT2D eigenvalue weighted by Crippen LogP contribution is -2.38. The Labute approximate surface area is 156 Å². The molecule has 3 N–H and O–H groups in total. The van der Waals surface area contributed by atoms with Crippen molar-refractivity contribution in [2.45, 2.75) is 39.3 Å². The number of aryl methyl sites for hydroxylation is 2. The molecule has 0 saturated carbocycles. The topological polar surface area (TPSA) is 64.3 Å². The second kappa shape index (κ2) is 10.1. The molecule has 0 radical (unpaired) electrons. The zero-order valence-electron chi connectivity index (χ0n) is 15.0. The molecule has 4 nitrogen and oxygen atoms in total. The van der Waals surface area contributed by atoms with Crippen molar-refractivity contribution in [1.29, 1.82) is 0 Å². The van der Waals surface area contributed by atoms with Crippen molar-refractivity contribution in [3.8, 4) is 5.75 Å². The average molecular weight is 363 g/mol. The first-order valence-electron chi connectivity index (χ1n) is 8.26. The summed E-state index contributed by atoms with van der Waals surface area (Å²) in [6.45, 7) is 6.40. The molecule has 0 bridgehead atoms. The Morgan fingerprint density at radius 2 is 1.68 bits per heavy atom. The highest BCUT2D eigenvalue weighted by atomic mass is 35.5. The summed E-state index contributed by atoms with van der Waals surface area (Å²) in [5, 5.41) is 2.95. The van der Waals surface area contributed by atoms with Crippen molar-refractivity contribution >= 4 is 18.3 Å². The molecule has 1 amide bonds. The van der Waals surface area contributed by atoms with E-state index in [-0.39, 0.29) is 36.8 Å². The van der Waals surface area contributed by atoms with Crippen LogP contribution in [0.3, 0.4) is 0 Å². The van der Waals surface area contributed by atoms with Gasteiger partial charge in [-0.3, -0.25) is 4.79 Å². The van der Waals surface area contributed by atoms with E-state index in [2.05, 4.69) is 5.32 Å². The van der Waals surface area contributed by atoms with Crippen LogP contribution in [0.5, 0.6) is 5.75 Å². The molecule has 2 atom stereocenters. The summed E-state index contributed by atoms with van der Waals surface area (Å²) in [4.78, 5) is 12.1. The van der Waals surface area contributed by atoms with Crippen LogP contribution in [0, 0.1) is 13.8 Å². The number of rotatable bonds is 7. The number of nitrogens with two attached hydrogens (primary N) is 1. The van der Waals surface area contributed by atoms with Gasteiger partial charge < -0.3 is 15.8 Å². The maximum Gasteiger partial charge on any atom is 0.222 e. The van der Waals surface area contributed by atoms with Crippen molar-refractivity contribution in [2.24, 2.45) is 5.73 Å². The van der Waals surface area contributed by atoms with Gasteiger partial charge in [-0.05, 0) is 37.5 Å². The summed E-state index contributed by atoms with van der Waals surface area (Å²) < 4.78 is 5.87. The van der Waals surface area contributed by atoms with E-state index < -0.39 is 0 Å². The van der Waals surface area contributed by atoms with Gasteiger partial charge in [0, 0.05) is 12.5 Å². The highest BCUT2D eigenvalue weighted by Gasteiger charge is 2.14. The van der Waals surface area contributed by atoms with Gasteiger partial charge >= 0.3 is 0 Å². The van der Waals surface area contributed by atoms with Crippen LogP contribution in [-0.2, 0) is 4.79 Å². The number of carbonyl (C=O) groups is 1. The fourth-order valence-electron chi connectivity index (χ4n) is 2.63. The van der Waals surface area contributed by atoms with Crippen LogP contribution in [0.1, 0.15) is 36.1 Å². The average Bonchev–Trinajstić information content (AvgIpc) is 2.55. The van der Waals surface area contributed by atoms with Crippen molar-refractivity contribution < 1.29 is 9.53 Å². The van der Waals surface area contributed by atoms with Gasteiger partial charge in [0.05, 0.1) is 6.04 Å². The van der Waals surface area contributed by atoms with E-state index in [1.54, 1.807) is 0 Å². The first kappa shape index (κ1) is 21.0. The third kappa shape index (κ3) is 6.40. The number of nitrogens with one attached hydrogen (secondary N) is 1. The van der Waals surface area contributed by atoms with E-state index in [0.717, 1.165) is 22.4 Å². The first-order valence-corrected chi connectivity index (χ1v) is 8.26. The van der Waals surface area contributed by atoms with Crippen molar-refractivity contribution in [3.63, 3.8) is 0 Å². The van der Waals surface area contributed by atoms with Crippen molar-refractivity contribution in [2.75, 3.05) is 6.61 Å². The molecule has 2 unspecified atom stereocenters. The number of benzene rings is 2. The molecule has 25 heavy (non-hydrogen) atoms. The third-order valence-electron chi connectivity index (χ3n) is 3.93. The predicted octanol–water partition coefficient (Wildman–Crippen LogP) is 3.70. The Balaban J connectivity index is 0.00000312. The summed E-state index contributed by atoms with van der Waals surface area (Å²) in [5.74, 6) is 0.823. The monoisotopic (exact) mass is 362 g/mol. The van der Waals surface area contributed by atoms with Gasteiger partial charge in [0.15, 0.2) is 0 Å². The second-order valence-corrected chi connectivity index (χ2v) is 6.22. The Hall–Kier alpha value is -2.04. The lowest BCUT2D eigenvalue weighted by atomic mass is 10.0. The summed E-state index contributed by atoms with van der Waals surface area (Å²) in [7, 11) is 0. The molecule has 5 heteroatoms. The molecular formula is C20H27ClN2O2. The molecule has 0 aromatic heterocycles. The minimum atomic E-state index is -0.294. The minimum absolute atomic E-state index is 0. The van der Waals surface area contributed by atoms with Gasteiger partial charge in [-0.2, -0.15) is 0 Å². The molecule has 0 aliphatic carbocycles. The third-order valence-corrected chi connectivity index (χ3v) is 3.93. The minimum Gasteiger partial charge on any atom is -0.491 e. The van der Waals surface area contributed by atoms with E-state index in [4.69, 9.17) is 10.5 Å². The van der Waals surface area contributed by atoms with E-state index >= 15 is 0 Å². The molecule has 0 fully saturated rings. The van der Waals surface area contributed by atoms with Crippen molar-refractivity contribution in [3.05, 3.63) is 65.2 Å². The SMILES string of the molecule is Cc1cccc(C)c1OCC(C)NC(=O)CC(N)c1ccccc1.Cl. The molecular weight excluding hydrogens is 336 g/mol. The molecule has 0 aliphatic rings. The standard InChI is InChI=1S/C20H26N2O2.ClH/c1-14-8-7-9-15(2)20(14)24-13-16(3)22-19(23)12-18(21)17-10-5-4-6-11-17;/h4-11,16,18H,12-13,21H2,1-3H3,(H,22,23);1H. The number of hydrogen-bond donors (Lipinski definition) is 2. The Morgan fingerprint density at radius 1 is 1.08 bits per heavy atom. The Morgan fingerprint density at radius 3 is 2.28 bits per heavy atom. The molecule has 2 rings (SSSR count). The summed E-state index contributed by atoms with van der Waals surface area (Å²) in [6.07, 6.45) is 0.262. The largest absolute Gasteiger partial charge is 0.491 e. The fourth-order valence-corrected chi connectivity index (χ4v) is 2.63. The number of ether oxygens (including phenoxy) is 1. The van der Waals surface area contributed by atoms with Crippen molar-refractivity contribution in [1.82, 2.24) is 5.32 Å². The fraction of sp³-hybridized carbons (Fsp3) is 0.350. The molecule has 0 spiro atoms. The van der Waals surface area contributed by atoms with Gasteiger partial charge in [-0.15, -0.1) is 12.4 Å². The van der Waals surface area contributed by atoms with Gasteiger partial charge in [-0.25, -0.2) is 0 Å². The maximum atomic E-state index is 12.1. The number of halogens is 1. The molecule has 2 aromatic carbocycles. The molecule has 0 aliphatic heterocycles. The van der Waals surface area contributed by atoms with Crippen LogP contribution in [0.15, 0.2) is 48.5 Å². The number of para-hydroxylation sites is 1. The van der Waals surface area contributed by atoms with Crippen LogP contribution in [0.4, 0.5) is 0 Å². The van der Waals surface area contributed by atoms with Crippen LogP contribution in [-0.4, -0.2) is 18.6 Å². The Kier molecular flexibility index (Phi) is 8.46. The zero-order chi connectivity index (χ0) is 17.5. The van der Waals surface area contributed by atoms with Gasteiger partial charge in [0.25, 0.3) is 0 Å².